The van der Waals surface area contributed by atoms with E-state index in [1.807, 2.05) is 0 Å². The topological polar surface area (TPSA) is 21.8 Å². The highest BCUT2D eigenvalue weighted by Gasteiger charge is 2.55. The van der Waals surface area contributed by atoms with Gasteiger partial charge in [0.05, 0.1) is 17.8 Å². The maximum absolute atomic E-state index is 6.03. The molecule has 1 saturated heterocycles. The molecule has 0 spiro atoms. The van der Waals surface area contributed by atoms with Crippen molar-refractivity contribution in [3.8, 4) is 0 Å². The Bertz CT molecular complexity index is 458. The largest absolute Gasteiger partial charge is 0.378 e. The van der Waals surface area contributed by atoms with Gasteiger partial charge < -0.3 is 9.47 Å². The van der Waals surface area contributed by atoms with Crippen molar-refractivity contribution < 1.29 is 9.47 Å². The molecule has 1 aromatic rings. The summed E-state index contributed by atoms with van der Waals surface area (Å²) in [6.45, 7) is 3.18. The zero-order valence-electron chi connectivity index (χ0n) is 14.6. The van der Waals surface area contributed by atoms with E-state index < -0.39 is 0 Å². The smallest absolute Gasteiger partial charge is 0.0922 e. The van der Waals surface area contributed by atoms with Gasteiger partial charge in [-0.15, -0.1) is 0 Å². The fourth-order valence-electron chi connectivity index (χ4n) is 3.80. The molecule has 2 fully saturated rings. The van der Waals surface area contributed by atoms with Crippen LogP contribution in [0.4, 0.5) is 0 Å². The van der Waals surface area contributed by atoms with Gasteiger partial charge in [-0.1, -0.05) is 56.0 Å². The molecular weight excluding hydrogens is 284 g/mol. The first-order valence-corrected chi connectivity index (χ1v) is 9.60. The molecule has 0 aromatic heterocycles. The van der Waals surface area contributed by atoms with E-state index in [0.717, 1.165) is 13.0 Å². The van der Waals surface area contributed by atoms with Gasteiger partial charge in [0.25, 0.3) is 0 Å². The van der Waals surface area contributed by atoms with E-state index >= 15 is 0 Å². The Kier molecular flexibility index (Phi) is 6.13. The quantitative estimate of drug-likeness (QED) is 0.432. The van der Waals surface area contributed by atoms with Crippen LogP contribution in [0, 0.1) is 0 Å². The highest BCUT2D eigenvalue weighted by Crippen LogP contribution is 2.47. The lowest BCUT2D eigenvalue weighted by molar-refractivity contribution is 0.0277. The first kappa shape index (κ1) is 17.0. The molecule has 23 heavy (non-hydrogen) atoms. The molecule has 0 N–H and O–H groups in total. The molecule has 3 rings (SSSR count). The lowest BCUT2D eigenvalue weighted by Gasteiger charge is -2.22. The monoisotopic (exact) mass is 316 g/mol. The second-order valence-corrected chi connectivity index (χ2v) is 7.54. The molecule has 128 valence electrons. The van der Waals surface area contributed by atoms with Crippen LogP contribution in [0.15, 0.2) is 30.3 Å². The van der Waals surface area contributed by atoms with Gasteiger partial charge in [0.15, 0.2) is 0 Å². The molecule has 1 aliphatic carbocycles. The van der Waals surface area contributed by atoms with Crippen LogP contribution in [0.3, 0.4) is 0 Å². The Labute approximate surface area is 141 Å². The minimum atomic E-state index is 0.222. The van der Waals surface area contributed by atoms with Crippen molar-refractivity contribution in [3.63, 3.8) is 0 Å². The van der Waals surface area contributed by atoms with E-state index in [4.69, 9.17) is 9.47 Å². The standard InChI is InChI=1S/C21H32O2/c1-21-15-14-19(17-20(21)23-21)22-16-10-5-3-2-4-7-11-18-12-8-6-9-13-18/h6,8-9,12-13,19-20H,2-5,7,10-11,14-17H2,1H3. The molecule has 2 aliphatic rings. The number of hydrogen-bond donors (Lipinski definition) is 0. The lowest BCUT2D eigenvalue weighted by atomic mass is 9.89. The Hall–Kier alpha value is -0.860. The second-order valence-electron chi connectivity index (χ2n) is 7.54. The summed E-state index contributed by atoms with van der Waals surface area (Å²) < 4.78 is 11.8. The Morgan fingerprint density at radius 2 is 1.78 bits per heavy atom. The van der Waals surface area contributed by atoms with Gasteiger partial charge in [0, 0.05) is 13.0 Å². The third-order valence-corrected chi connectivity index (χ3v) is 5.53. The van der Waals surface area contributed by atoms with Crippen LogP contribution in [-0.2, 0) is 15.9 Å². The Morgan fingerprint density at radius 1 is 1.04 bits per heavy atom. The van der Waals surface area contributed by atoms with Crippen molar-refractivity contribution in [1.29, 1.82) is 0 Å². The molecule has 1 aromatic carbocycles. The lowest BCUT2D eigenvalue weighted by Crippen LogP contribution is -2.27. The summed E-state index contributed by atoms with van der Waals surface area (Å²) in [7, 11) is 0. The Morgan fingerprint density at radius 3 is 2.57 bits per heavy atom. The van der Waals surface area contributed by atoms with Crippen LogP contribution in [0.5, 0.6) is 0 Å². The molecule has 1 heterocycles. The van der Waals surface area contributed by atoms with Gasteiger partial charge >= 0.3 is 0 Å². The van der Waals surface area contributed by atoms with Crippen molar-refractivity contribution >= 4 is 0 Å². The molecule has 0 amide bonds. The number of rotatable bonds is 10. The Balaban J connectivity index is 1.12. The van der Waals surface area contributed by atoms with E-state index in [1.165, 1.54) is 63.4 Å². The molecule has 2 heteroatoms. The molecule has 3 atom stereocenters. The summed E-state index contributed by atoms with van der Waals surface area (Å²) in [5.41, 5.74) is 1.70. The maximum Gasteiger partial charge on any atom is 0.0922 e. The number of ether oxygens (including phenoxy) is 2. The van der Waals surface area contributed by atoms with Gasteiger partial charge in [0.2, 0.25) is 0 Å². The van der Waals surface area contributed by atoms with Crippen molar-refractivity contribution in [2.75, 3.05) is 6.61 Å². The van der Waals surface area contributed by atoms with Crippen molar-refractivity contribution in [3.05, 3.63) is 35.9 Å². The van der Waals surface area contributed by atoms with Crippen LogP contribution in [0.2, 0.25) is 0 Å². The molecule has 3 unspecified atom stereocenters. The highest BCUT2D eigenvalue weighted by atomic mass is 16.6. The second kappa shape index (κ2) is 8.30. The van der Waals surface area contributed by atoms with Crippen LogP contribution >= 0.6 is 0 Å². The minimum Gasteiger partial charge on any atom is -0.378 e. The fraction of sp³-hybridized carbons (Fsp3) is 0.714. The maximum atomic E-state index is 6.03. The van der Waals surface area contributed by atoms with E-state index in [9.17, 15) is 0 Å². The van der Waals surface area contributed by atoms with Gasteiger partial charge in [-0.2, -0.15) is 0 Å². The summed E-state index contributed by atoms with van der Waals surface area (Å²) in [4.78, 5) is 0. The van der Waals surface area contributed by atoms with Gasteiger partial charge in [-0.25, -0.2) is 0 Å². The summed E-state index contributed by atoms with van der Waals surface area (Å²) in [5.74, 6) is 0. The predicted octanol–water partition coefficient (Wildman–Crippen LogP) is 5.30. The van der Waals surface area contributed by atoms with Crippen molar-refractivity contribution in [1.82, 2.24) is 0 Å². The number of fused-ring (bicyclic) bond motifs is 1. The third kappa shape index (κ3) is 5.32. The van der Waals surface area contributed by atoms with Crippen molar-refractivity contribution in [2.24, 2.45) is 0 Å². The van der Waals surface area contributed by atoms with Crippen LogP contribution < -0.4 is 0 Å². The zero-order valence-corrected chi connectivity index (χ0v) is 14.6. The van der Waals surface area contributed by atoms with Crippen LogP contribution in [-0.4, -0.2) is 24.4 Å². The van der Waals surface area contributed by atoms with Crippen molar-refractivity contribution in [2.45, 2.75) is 88.9 Å². The minimum absolute atomic E-state index is 0.222. The summed E-state index contributed by atoms with van der Waals surface area (Å²) in [6.07, 6.45) is 13.6. The van der Waals surface area contributed by atoms with Gasteiger partial charge in [-0.3, -0.25) is 0 Å². The SMILES string of the molecule is CC12CCC(OCCCCCCCCc3ccccc3)CC1O2. The van der Waals surface area contributed by atoms with Gasteiger partial charge in [-0.05, 0) is 44.6 Å². The highest BCUT2D eigenvalue weighted by molar-refractivity contribution is 5.14. The van der Waals surface area contributed by atoms with E-state index in [2.05, 4.69) is 37.3 Å². The van der Waals surface area contributed by atoms with Gasteiger partial charge in [0.1, 0.15) is 0 Å². The zero-order chi connectivity index (χ0) is 16.0. The first-order chi connectivity index (χ1) is 11.3. The third-order valence-electron chi connectivity index (χ3n) is 5.53. The number of aryl methyl sites for hydroxylation is 1. The average Bonchev–Trinajstić information content (AvgIpc) is 3.25. The normalized spacial score (nSPS) is 29.3. The first-order valence-electron chi connectivity index (χ1n) is 9.60. The summed E-state index contributed by atoms with van der Waals surface area (Å²) >= 11 is 0. The molecule has 2 nitrogen and oxygen atoms in total. The molecular formula is C21H32O2. The van der Waals surface area contributed by atoms with E-state index in [0.29, 0.717) is 12.2 Å². The number of benzene rings is 1. The molecule has 1 aliphatic heterocycles. The summed E-state index contributed by atoms with van der Waals surface area (Å²) in [6, 6.07) is 10.8. The predicted molar refractivity (Wildman–Crippen MR) is 94.7 cm³/mol. The fourth-order valence-corrected chi connectivity index (χ4v) is 3.80. The van der Waals surface area contributed by atoms with E-state index in [1.54, 1.807) is 0 Å². The van der Waals surface area contributed by atoms with Crippen LogP contribution in [0.25, 0.3) is 0 Å². The molecule has 1 saturated carbocycles. The number of unbranched alkanes of at least 4 members (excludes halogenated alkanes) is 5. The number of epoxide rings is 1. The van der Waals surface area contributed by atoms with E-state index in [-0.39, 0.29) is 5.60 Å². The molecule has 0 bridgehead atoms. The average molecular weight is 316 g/mol. The summed E-state index contributed by atoms with van der Waals surface area (Å²) in [5, 5.41) is 0. The molecule has 0 radical (unpaired) electrons. The van der Waals surface area contributed by atoms with Crippen LogP contribution in [0.1, 0.15) is 70.3 Å². The number of hydrogen-bond acceptors (Lipinski definition) is 2.